The van der Waals surface area contributed by atoms with Crippen LogP contribution in [0.4, 0.5) is 10.8 Å². The Hall–Kier alpha value is -3.06. The normalized spacial score (nSPS) is 16.1. The van der Waals surface area contributed by atoms with E-state index in [1.54, 1.807) is 0 Å². The molecule has 1 atom stereocenters. The lowest BCUT2D eigenvalue weighted by molar-refractivity contribution is -0.117. The maximum atomic E-state index is 12.5. The van der Waals surface area contributed by atoms with E-state index in [0.717, 1.165) is 29.1 Å². The number of anilines is 2. The van der Waals surface area contributed by atoms with Crippen LogP contribution in [0.15, 0.2) is 54.6 Å². The Morgan fingerprint density at radius 1 is 1.13 bits per heavy atom. The molecule has 7 heteroatoms. The smallest absolute Gasteiger partial charge is 0.227 e. The van der Waals surface area contributed by atoms with Crippen LogP contribution >= 0.6 is 11.3 Å². The highest BCUT2D eigenvalue weighted by Gasteiger charge is 2.34. The van der Waals surface area contributed by atoms with E-state index in [1.807, 2.05) is 54.3 Å². The van der Waals surface area contributed by atoms with Gasteiger partial charge in [0.1, 0.15) is 5.01 Å². The minimum atomic E-state index is -0.0577. The molecule has 1 fully saturated rings. The van der Waals surface area contributed by atoms with Gasteiger partial charge in [0.25, 0.3) is 0 Å². The fourth-order valence-corrected chi connectivity index (χ4v) is 4.55. The summed E-state index contributed by atoms with van der Waals surface area (Å²) >= 11 is 1.36. The monoisotopic (exact) mass is 420 g/mol. The van der Waals surface area contributed by atoms with Gasteiger partial charge in [0, 0.05) is 31.0 Å². The summed E-state index contributed by atoms with van der Waals surface area (Å²) < 4.78 is 0. The molecule has 1 saturated heterocycles. The van der Waals surface area contributed by atoms with Crippen molar-refractivity contribution in [3.63, 3.8) is 0 Å². The zero-order valence-corrected chi connectivity index (χ0v) is 17.7. The Bertz CT molecular complexity index is 1030. The topological polar surface area (TPSA) is 75.2 Å². The molecule has 2 heterocycles. The van der Waals surface area contributed by atoms with E-state index in [4.69, 9.17) is 0 Å². The average molecular weight is 421 g/mol. The Morgan fingerprint density at radius 2 is 1.90 bits per heavy atom. The maximum Gasteiger partial charge on any atom is 0.227 e. The molecular formula is C23H24N4O2S. The molecule has 2 amide bonds. The second-order valence-corrected chi connectivity index (χ2v) is 8.53. The minimum absolute atomic E-state index is 0.00154. The number of carbonyl (C=O) groups is 2. The highest BCUT2D eigenvalue weighted by atomic mass is 32.1. The number of nitrogens with one attached hydrogen (secondary N) is 1. The fourth-order valence-electron chi connectivity index (χ4n) is 3.70. The van der Waals surface area contributed by atoms with Crippen molar-refractivity contribution in [2.24, 2.45) is 0 Å². The van der Waals surface area contributed by atoms with Crippen molar-refractivity contribution in [2.45, 2.75) is 38.5 Å². The number of amides is 2. The Balaban J connectivity index is 1.31. The molecule has 1 N–H and O–H groups in total. The molecule has 4 rings (SSSR count). The van der Waals surface area contributed by atoms with Crippen LogP contribution in [0.2, 0.25) is 0 Å². The number of aryl methyl sites for hydroxylation is 2. The van der Waals surface area contributed by atoms with Gasteiger partial charge in [0.15, 0.2) is 0 Å². The van der Waals surface area contributed by atoms with E-state index in [-0.39, 0.29) is 17.7 Å². The first kappa shape index (κ1) is 20.2. The highest BCUT2D eigenvalue weighted by Crippen LogP contribution is 2.35. The Kier molecular flexibility index (Phi) is 6.18. The molecule has 0 aliphatic carbocycles. The van der Waals surface area contributed by atoms with Gasteiger partial charge in [-0.05, 0) is 37.0 Å². The number of hydrogen-bond donors (Lipinski definition) is 1. The van der Waals surface area contributed by atoms with Gasteiger partial charge in [0.05, 0.1) is 0 Å². The Morgan fingerprint density at radius 3 is 2.70 bits per heavy atom. The first-order valence-electron chi connectivity index (χ1n) is 10.1. The van der Waals surface area contributed by atoms with Crippen molar-refractivity contribution < 1.29 is 9.59 Å². The van der Waals surface area contributed by atoms with Crippen LogP contribution in [0.1, 0.15) is 41.3 Å². The summed E-state index contributed by atoms with van der Waals surface area (Å²) in [4.78, 5) is 26.6. The third-order valence-electron chi connectivity index (χ3n) is 5.28. The fraction of sp³-hybridized carbons (Fsp3) is 0.304. The van der Waals surface area contributed by atoms with Gasteiger partial charge in [-0.3, -0.25) is 9.59 Å². The lowest BCUT2D eigenvalue weighted by Gasteiger charge is -2.18. The predicted octanol–water partition coefficient (Wildman–Crippen LogP) is 4.33. The SMILES string of the molecule is Cc1ccccc1N1CC(c2nnc(NC(=O)CCCc3ccccc3)s2)CC1=O. The number of hydrogen-bond acceptors (Lipinski definition) is 5. The van der Waals surface area contributed by atoms with Crippen LogP contribution in [0, 0.1) is 6.92 Å². The van der Waals surface area contributed by atoms with Crippen molar-refractivity contribution in [1.29, 1.82) is 0 Å². The van der Waals surface area contributed by atoms with Crippen molar-refractivity contribution in [3.05, 3.63) is 70.7 Å². The lowest BCUT2D eigenvalue weighted by atomic mass is 10.1. The van der Waals surface area contributed by atoms with Crippen molar-refractivity contribution >= 4 is 34.0 Å². The number of rotatable bonds is 7. The van der Waals surface area contributed by atoms with E-state index in [1.165, 1.54) is 16.9 Å². The van der Waals surface area contributed by atoms with Crippen LogP contribution in [0.5, 0.6) is 0 Å². The summed E-state index contributed by atoms with van der Waals surface area (Å²) in [5.74, 6) is 0.0343. The third kappa shape index (κ3) is 4.74. The van der Waals surface area contributed by atoms with E-state index < -0.39 is 0 Å². The molecule has 154 valence electrons. The third-order valence-corrected chi connectivity index (χ3v) is 6.28. The van der Waals surface area contributed by atoms with E-state index >= 15 is 0 Å². The molecule has 1 aromatic heterocycles. The van der Waals surface area contributed by atoms with Gasteiger partial charge in [-0.2, -0.15) is 0 Å². The second-order valence-electron chi connectivity index (χ2n) is 7.52. The first-order chi connectivity index (χ1) is 14.6. The Labute approximate surface area is 180 Å². The van der Waals surface area contributed by atoms with Gasteiger partial charge in [-0.15, -0.1) is 10.2 Å². The minimum Gasteiger partial charge on any atom is -0.311 e. The lowest BCUT2D eigenvalue weighted by Crippen LogP contribution is -2.25. The number of para-hydroxylation sites is 1. The van der Waals surface area contributed by atoms with E-state index in [9.17, 15) is 9.59 Å². The van der Waals surface area contributed by atoms with E-state index in [2.05, 4.69) is 27.6 Å². The van der Waals surface area contributed by atoms with E-state index in [0.29, 0.717) is 24.5 Å². The molecule has 6 nitrogen and oxygen atoms in total. The van der Waals surface area contributed by atoms with Crippen molar-refractivity contribution in [2.75, 3.05) is 16.8 Å². The average Bonchev–Trinajstić information content (AvgIpc) is 3.36. The van der Waals surface area contributed by atoms with Gasteiger partial charge in [-0.25, -0.2) is 0 Å². The molecule has 0 saturated carbocycles. The molecule has 0 spiro atoms. The molecule has 0 bridgehead atoms. The molecule has 1 aliphatic rings. The summed E-state index contributed by atoms with van der Waals surface area (Å²) in [5.41, 5.74) is 3.25. The number of nitrogens with zero attached hydrogens (tertiary/aromatic N) is 3. The number of aromatic nitrogens is 2. The van der Waals surface area contributed by atoms with Gasteiger partial charge in [0.2, 0.25) is 16.9 Å². The first-order valence-corrected chi connectivity index (χ1v) is 10.9. The van der Waals surface area contributed by atoms with Crippen LogP contribution in [-0.4, -0.2) is 28.6 Å². The molecular weight excluding hydrogens is 396 g/mol. The second kappa shape index (κ2) is 9.17. The number of benzene rings is 2. The molecule has 30 heavy (non-hydrogen) atoms. The van der Waals surface area contributed by atoms with Gasteiger partial charge < -0.3 is 10.2 Å². The standard InChI is InChI=1S/C23H24N4O2S/c1-16-8-5-6-12-19(16)27-15-18(14-21(27)29)22-25-26-23(30-22)24-20(28)13-7-11-17-9-3-2-4-10-17/h2-6,8-10,12,18H,7,11,13-15H2,1H3,(H,24,26,28). The molecule has 1 aliphatic heterocycles. The molecule has 1 unspecified atom stereocenters. The predicted molar refractivity (Wildman–Crippen MR) is 119 cm³/mol. The summed E-state index contributed by atoms with van der Waals surface area (Å²) in [6.45, 7) is 2.59. The van der Waals surface area contributed by atoms with Crippen LogP contribution in [0.3, 0.4) is 0 Å². The van der Waals surface area contributed by atoms with Crippen LogP contribution in [0.25, 0.3) is 0 Å². The van der Waals surface area contributed by atoms with Crippen LogP contribution < -0.4 is 10.2 Å². The zero-order chi connectivity index (χ0) is 20.9. The van der Waals surface area contributed by atoms with Gasteiger partial charge in [-0.1, -0.05) is 59.9 Å². The summed E-state index contributed by atoms with van der Waals surface area (Å²) in [7, 11) is 0. The summed E-state index contributed by atoms with van der Waals surface area (Å²) in [5, 5.41) is 12.5. The molecule has 3 aromatic rings. The van der Waals surface area contributed by atoms with Gasteiger partial charge >= 0.3 is 0 Å². The number of carbonyl (C=O) groups excluding carboxylic acids is 2. The van der Waals surface area contributed by atoms with Crippen molar-refractivity contribution in [3.8, 4) is 0 Å². The highest BCUT2D eigenvalue weighted by molar-refractivity contribution is 7.15. The quantitative estimate of drug-likeness (QED) is 0.617. The largest absolute Gasteiger partial charge is 0.311 e. The zero-order valence-electron chi connectivity index (χ0n) is 16.9. The summed E-state index contributed by atoms with van der Waals surface area (Å²) in [6, 6.07) is 18.0. The van der Waals surface area contributed by atoms with Crippen molar-refractivity contribution in [1.82, 2.24) is 10.2 Å². The molecule has 0 radical (unpaired) electrons. The van der Waals surface area contributed by atoms with Crippen LogP contribution in [-0.2, 0) is 16.0 Å². The maximum absolute atomic E-state index is 12.5. The summed E-state index contributed by atoms with van der Waals surface area (Å²) in [6.07, 6.45) is 2.50. The molecule has 2 aromatic carbocycles.